The van der Waals surface area contributed by atoms with Gasteiger partial charge in [-0.15, -0.1) is 0 Å². The molecule has 0 heterocycles. The van der Waals surface area contributed by atoms with Gasteiger partial charge in [0.25, 0.3) is 0 Å². The van der Waals surface area contributed by atoms with Gasteiger partial charge in [-0.2, -0.15) is 0 Å². The van der Waals surface area contributed by atoms with Crippen LogP contribution >= 0.6 is 7.82 Å². The van der Waals surface area contributed by atoms with Gasteiger partial charge in [-0.3, -0.25) is 13.8 Å². The molecule has 0 radical (unpaired) electrons. The monoisotopic (exact) mass is 588 g/mol. The molecular formula is C31H59NO7P+. The summed E-state index contributed by atoms with van der Waals surface area (Å²) in [6.07, 6.45) is 22.8. The van der Waals surface area contributed by atoms with Gasteiger partial charge >= 0.3 is 7.82 Å². The first-order chi connectivity index (χ1) is 19.1. The molecule has 0 aromatic heterocycles. The number of carbonyl (C=O) groups is 1. The minimum atomic E-state index is -4.47. The maximum atomic E-state index is 13.0. The van der Waals surface area contributed by atoms with Gasteiger partial charge < -0.3 is 19.2 Å². The van der Waals surface area contributed by atoms with Crippen LogP contribution in [0.1, 0.15) is 97.3 Å². The van der Waals surface area contributed by atoms with Crippen LogP contribution in [0.4, 0.5) is 0 Å². The molecule has 2 N–H and O–H groups in total. The third-order valence-electron chi connectivity index (χ3n) is 6.24. The maximum absolute atomic E-state index is 13.0. The Morgan fingerprint density at radius 3 is 2.10 bits per heavy atom. The number of allylic oxidation sites excluding steroid dienone is 6. The molecule has 0 aliphatic carbocycles. The molecule has 0 aromatic carbocycles. The fourth-order valence-corrected chi connectivity index (χ4v) is 4.74. The van der Waals surface area contributed by atoms with Crippen molar-refractivity contribution < 1.29 is 37.6 Å². The van der Waals surface area contributed by atoms with Crippen molar-refractivity contribution in [3.05, 3.63) is 36.5 Å². The lowest BCUT2D eigenvalue weighted by molar-refractivity contribution is -0.870. The van der Waals surface area contributed by atoms with E-state index in [0.717, 1.165) is 70.6 Å². The van der Waals surface area contributed by atoms with E-state index in [4.69, 9.17) is 13.8 Å². The van der Waals surface area contributed by atoms with Crippen LogP contribution in [0.25, 0.3) is 0 Å². The van der Waals surface area contributed by atoms with Crippen molar-refractivity contribution in [3.8, 4) is 0 Å². The lowest BCUT2D eigenvalue weighted by Gasteiger charge is -2.27. The van der Waals surface area contributed by atoms with E-state index in [1.165, 1.54) is 0 Å². The van der Waals surface area contributed by atoms with Crippen molar-refractivity contribution in [3.63, 3.8) is 0 Å². The van der Waals surface area contributed by atoms with Gasteiger partial charge in [0, 0.05) is 13.0 Å². The van der Waals surface area contributed by atoms with Gasteiger partial charge in [-0.25, -0.2) is 4.57 Å². The second-order valence-electron chi connectivity index (χ2n) is 11.2. The van der Waals surface area contributed by atoms with Crippen molar-refractivity contribution in [2.75, 3.05) is 47.5 Å². The Hall–Kier alpha value is -1.12. The minimum absolute atomic E-state index is 0.00910. The van der Waals surface area contributed by atoms with Gasteiger partial charge in [-0.1, -0.05) is 82.4 Å². The van der Waals surface area contributed by atoms with Gasteiger partial charge in [0.2, 0.25) is 0 Å². The maximum Gasteiger partial charge on any atom is 0.472 e. The van der Waals surface area contributed by atoms with Gasteiger partial charge in [0.05, 0.1) is 27.7 Å². The molecule has 2 unspecified atom stereocenters. The van der Waals surface area contributed by atoms with Crippen molar-refractivity contribution in [1.29, 1.82) is 0 Å². The Bertz CT molecular complexity index is 761. The second kappa shape index (κ2) is 24.5. The van der Waals surface area contributed by atoms with Crippen molar-refractivity contribution >= 4 is 13.6 Å². The third kappa shape index (κ3) is 23.6. The number of carbonyl (C=O) groups excluding carboxylic acids is 1. The smallest absolute Gasteiger partial charge is 0.394 e. The van der Waals surface area contributed by atoms with Gasteiger partial charge in [-0.05, 0) is 44.9 Å². The highest BCUT2D eigenvalue weighted by molar-refractivity contribution is 7.47. The number of phosphoric ester groups is 1. The molecule has 234 valence electrons. The van der Waals surface area contributed by atoms with E-state index < -0.39 is 26.6 Å². The van der Waals surface area contributed by atoms with Crippen molar-refractivity contribution in [1.82, 2.24) is 0 Å². The van der Waals surface area contributed by atoms with E-state index >= 15 is 0 Å². The molecule has 0 spiro atoms. The summed E-state index contributed by atoms with van der Waals surface area (Å²) < 4.78 is 29.2. The summed E-state index contributed by atoms with van der Waals surface area (Å²) in [6.45, 7) is 4.42. The number of unbranched alkanes of at least 4 members (excludes halogenated alkanes) is 7. The number of hydrogen-bond donors (Lipinski definition) is 2. The molecule has 9 heteroatoms. The predicted octanol–water partition coefficient (Wildman–Crippen LogP) is 6.92. The average Bonchev–Trinajstić information content (AvgIpc) is 2.88. The summed E-state index contributed by atoms with van der Waals surface area (Å²) in [4.78, 5) is 23.2. The Kier molecular flexibility index (Phi) is 23.8. The highest BCUT2D eigenvalue weighted by atomic mass is 31.2. The van der Waals surface area contributed by atoms with Gasteiger partial charge in [0.1, 0.15) is 25.4 Å². The predicted molar refractivity (Wildman–Crippen MR) is 164 cm³/mol. The van der Waals surface area contributed by atoms with E-state index in [1.807, 2.05) is 21.1 Å². The first-order valence-electron chi connectivity index (χ1n) is 15.2. The number of hydrogen-bond acceptors (Lipinski definition) is 6. The van der Waals surface area contributed by atoms with Crippen LogP contribution in [0.5, 0.6) is 0 Å². The van der Waals surface area contributed by atoms with Crippen LogP contribution < -0.4 is 0 Å². The molecule has 0 saturated heterocycles. The number of ketones is 1. The first kappa shape index (κ1) is 38.9. The lowest BCUT2D eigenvalue weighted by atomic mass is 10.0. The Labute approximate surface area is 244 Å². The number of quaternary nitrogens is 1. The SMILES string of the molecule is CC/C=C\C/C=C\C/C=C\CCCCCCCC(=O)C(OCCCCC)[C@H](CO)OP(=O)(O)OCC[N+](C)(C)C. The number of aliphatic hydroxyl groups is 1. The lowest BCUT2D eigenvalue weighted by Crippen LogP contribution is -2.41. The highest BCUT2D eigenvalue weighted by Gasteiger charge is 2.36. The standard InChI is InChI=1S/C31H58NO7P/c1-6-8-10-11-12-13-14-15-16-17-18-19-20-21-22-24-29(34)31(37-26-23-9-7-2)30(28-33)39-40(35,36)38-27-25-32(3,4)5/h8,10,12-13,15-16,30-31,33H,6-7,9,11,14,17-28H2,1-5H3/p+1/b10-8-,13-12-,16-15-/t30-,31?/m0/s1. The van der Waals surface area contributed by atoms with Crippen LogP contribution in [0.3, 0.4) is 0 Å². The number of phosphoric acid groups is 1. The topological polar surface area (TPSA) is 102 Å². The zero-order chi connectivity index (χ0) is 30.1. The normalized spacial score (nSPS) is 15.8. The van der Waals surface area contributed by atoms with Crippen molar-refractivity contribution in [2.45, 2.75) is 110 Å². The van der Waals surface area contributed by atoms with Crippen LogP contribution in [-0.2, 0) is 23.1 Å². The number of nitrogens with zero attached hydrogens (tertiary/aromatic N) is 1. The molecule has 40 heavy (non-hydrogen) atoms. The molecule has 0 rings (SSSR count). The average molecular weight is 589 g/mol. The molecule has 8 nitrogen and oxygen atoms in total. The minimum Gasteiger partial charge on any atom is -0.394 e. The summed E-state index contributed by atoms with van der Waals surface area (Å²) in [5, 5.41) is 9.91. The third-order valence-corrected chi connectivity index (χ3v) is 7.29. The van der Waals surface area contributed by atoms with Gasteiger partial charge in [0.15, 0.2) is 5.78 Å². The molecule has 0 saturated carbocycles. The van der Waals surface area contributed by atoms with Crippen LogP contribution in [0, 0.1) is 0 Å². The Morgan fingerprint density at radius 1 is 0.850 bits per heavy atom. The molecule has 0 aliphatic rings. The fraction of sp³-hybridized carbons (Fsp3) is 0.774. The van der Waals surface area contributed by atoms with E-state index in [9.17, 15) is 19.4 Å². The number of Topliss-reactive ketones (excluding diaryl/α,β-unsaturated/α-hetero) is 1. The van der Waals surface area contributed by atoms with E-state index in [2.05, 4.69) is 50.3 Å². The summed E-state index contributed by atoms with van der Waals surface area (Å²) >= 11 is 0. The number of aliphatic hydroxyl groups excluding tert-OH is 1. The van der Waals surface area contributed by atoms with E-state index in [0.29, 0.717) is 24.1 Å². The second-order valence-corrected chi connectivity index (χ2v) is 12.6. The number of rotatable bonds is 27. The van der Waals surface area contributed by atoms with E-state index in [1.54, 1.807) is 0 Å². The highest BCUT2D eigenvalue weighted by Crippen LogP contribution is 2.45. The number of likely N-dealkylation sites (N-methyl/N-ethyl adjacent to an activating group) is 1. The number of ether oxygens (including phenoxy) is 1. The molecule has 0 aliphatic heterocycles. The zero-order valence-electron chi connectivity index (χ0n) is 26.0. The molecule has 3 atom stereocenters. The first-order valence-corrected chi connectivity index (χ1v) is 16.7. The summed E-state index contributed by atoms with van der Waals surface area (Å²) in [5.41, 5.74) is 0. The molecule has 0 amide bonds. The van der Waals surface area contributed by atoms with Crippen LogP contribution in [0.15, 0.2) is 36.5 Å². The van der Waals surface area contributed by atoms with Crippen LogP contribution in [0.2, 0.25) is 0 Å². The molecule has 0 aromatic rings. The van der Waals surface area contributed by atoms with Crippen molar-refractivity contribution in [2.24, 2.45) is 0 Å². The van der Waals surface area contributed by atoms with E-state index in [-0.39, 0.29) is 18.8 Å². The zero-order valence-corrected chi connectivity index (χ0v) is 26.9. The quantitative estimate of drug-likeness (QED) is 0.0465. The Morgan fingerprint density at radius 2 is 1.48 bits per heavy atom. The largest absolute Gasteiger partial charge is 0.472 e. The molecular weight excluding hydrogens is 529 g/mol. The summed E-state index contributed by atoms with van der Waals surface area (Å²) in [6, 6.07) is 0. The molecule has 0 bridgehead atoms. The fourth-order valence-electron chi connectivity index (χ4n) is 3.85. The molecule has 0 fully saturated rings. The summed E-state index contributed by atoms with van der Waals surface area (Å²) in [5.74, 6) is -0.219. The van der Waals surface area contributed by atoms with Crippen LogP contribution in [-0.4, -0.2) is 80.0 Å². The summed E-state index contributed by atoms with van der Waals surface area (Å²) in [7, 11) is 1.35. The Balaban J connectivity index is 4.54.